The number of hydrogen-bond donors (Lipinski definition) is 1. The van der Waals surface area contributed by atoms with Gasteiger partial charge in [0.1, 0.15) is 0 Å². The van der Waals surface area contributed by atoms with Gasteiger partial charge in [-0.1, -0.05) is 17.3 Å². The van der Waals surface area contributed by atoms with Gasteiger partial charge in [-0.25, -0.2) is 4.98 Å². The Labute approximate surface area is 195 Å². The number of aromatic nitrogens is 2. The molecular formula is C25H24N4O3S. The number of carbonyl (C=O) groups excluding carboxylic acids is 2. The third-order valence-electron chi connectivity index (χ3n) is 5.90. The van der Waals surface area contributed by atoms with E-state index in [-0.39, 0.29) is 11.8 Å². The van der Waals surface area contributed by atoms with Gasteiger partial charge in [0.2, 0.25) is 0 Å². The molecular weight excluding hydrogens is 436 g/mol. The molecule has 3 aromatic heterocycles. The molecule has 8 heteroatoms. The number of benzene rings is 1. The molecule has 2 amide bonds. The summed E-state index contributed by atoms with van der Waals surface area (Å²) in [7, 11) is 0. The topological polar surface area (TPSA) is 88.3 Å². The molecule has 0 unspecified atom stereocenters. The van der Waals surface area contributed by atoms with E-state index >= 15 is 0 Å². The van der Waals surface area contributed by atoms with Gasteiger partial charge in [-0.15, -0.1) is 11.3 Å². The lowest BCUT2D eigenvalue weighted by Crippen LogP contribution is -2.36. The summed E-state index contributed by atoms with van der Waals surface area (Å²) in [6.07, 6.45) is 3.16. The number of pyridine rings is 1. The normalized spacial score (nSPS) is 13.9. The summed E-state index contributed by atoms with van der Waals surface area (Å²) in [4.78, 5) is 35.2. The molecule has 0 bridgehead atoms. The van der Waals surface area contributed by atoms with E-state index in [9.17, 15) is 9.59 Å². The van der Waals surface area contributed by atoms with Crippen LogP contribution in [0.25, 0.3) is 21.7 Å². The van der Waals surface area contributed by atoms with Gasteiger partial charge in [-0.2, -0.15) is 0 Å². The van der Waals surface area contributed by atoms with Crippen molar-refractivity contribution in [2.45, 2.75) is 33.1 Å². The molecule has 168 valence electrons. The number of hydrogen-bond acceptors (Lipinski definition) is 6. The number of carbonyl (C=O) groups is 2. The molecule has 4 aromatic rings. The Morgan fingerprint density at radius 1 is 1.03 bits per heavy atom. The van der Waals surface area contributed by atoms with Gasteiger partial charge in [0, 0.05) is 18.0 Å². The number of thiophene rings is 1. The Kier molecular flexibility index (Phi) is 5.68. The first-order chi connectivity index (χ1) is 16.0. The van der Waals surface area contributed by atoms with Crippen LogP contribution in [-0.4, -0.2) is 39.9 Å². The smallest absolute Gasteiger partial charge is 0.259 e. The number of likely N-dealkylation sites (tertiary alicyclic amines) is 1. The average molecular weight is 461 g/mol. The standard InChI is InChI=1S/C25H24N4O3S/c1-15-10-11-21(33-15)20-14-18(22-16(2)28-32-24(22)27-20)23(30)26-19-9-5-4-8-17(19)25(31)29-12-6-3-7-13-29/h4-5,8-11,14H,3,6-7,12-13H2,1-2H3,(H,26,30). The van der Waals surface area contributed by atoms with Crippen molar-refractivity contribution in [3.63, 3.8) is 0 Å². The minimum Gasteiger partial charge on any atom is -0.339 e. The van der Waals surface area contributed by atoms with E-state index in [0.717, 1.165) is 42.1 Å². The first kappa shape index (κ1) is 21.3. The van der Waals surface area contributed by atoms with Crippen LogP contribution in [-0.2, 0) is 0 Å². The Morgan fingerprint density at radius 3 is 2.58 bits per heavy atom. The van der Waals surface area contributed by atoms with Crippen LogP contribution in [0.15, 0.2) is 47.0 Å². The molecule has 33 heavy (non-hydrogen) atoms. The number of anilines is 1. The van der Waals surface area contributed by atoms with Crippen molar-refractivity contribution in [1.29, 1.82) is 0 Å². The third-order valence-corrected chi connectivity index (χ3v) is 6.93. The quantitative estimate of drug-likeness (QED) is 0.438. The molecule has 7 nitrogen and oxygen atoms in total. The number of para-hydroxylation sites is 1. The van der Waals surface area contributed by atoms with E-state index in [2.05, 4.69) is 15.5 Å². The molecule has 1 aliphatic rings. The Bertz CT molecular complexity index is 1350. The van der Waals surface area contributed by atoms with Crippen molar-refractivity contribution in [1.82, 2.24) is 15.0 Å². The highest BCUT2D eigenvalue weighted by Gasteiger charge is 2.24. The number of piperidine rings is 1. The van der Waals surface area contributed by atoms with E-state index in [1.165, 1.54) is 0 Å². The summed E-state index contributed by atoms with van der Waals surface area (Å²) < 4.78 is 5.40. The monoisotopic (exact) mass is 460 g/mol. The van der Waals surface area contributed by atoms with Crippen molar-refractivity contribution in [3.8, 4) is 10.6 Å². The van der Waals surface area contributed by atoms with Crippen LogP contribution in [0.3, 0.4) is 0 Å². The number of fused-ring (bicyclic) bond motifs is 1. The maximum atomic E-state index is 13.5. The number of nitrogens with zero attached hydrogens (tertiary/aromatic N) is 3. The lowest BCUT2D eigenvalue weighted by molar-refractivity contribution is 0.0725. The maximum Gasteiger partial charge on any atom is 0.259 e. The van der Waals surface area contributed by atoms with Gasteiger partial charge in [0.15, 0.2) is 0 Å². The molecule has 0 spiro atoms. The van der Waals surface area contributed by atoms with E-state index in [1.807, 2.05) is 36.1 Å². The highest BCUT2D eigenvalue weighted by atomic mass is 32.1. The molecule has 0 saturated carbocycles. The summed E-state index contributed by atoms with van der Waals surface area (Å²) in [5.41, 5.74) is 2.97. The highest BCUT2D eigenvalue weighted by molar-refractivity contribution is 7.15. The summed E-state index contributed by atoms with van der Waals surface area (Å²) in [5, 5.41) is 7.55. The third kappa shape index (κ3) is 4.14. The van der Waals surface area contributed by atoms with Gasteiger partial charge >= 0.3 is 0 Å². The first-order valence-corrected chi connectivity index (χ1v) is 11.9. The largest absolute Gasteiger partial charge is 0.339 e. The summed E-state index contributed by atoms with van der Waals surface area (Å²) >= 11 is 1.60. The SMILES string of the molecule is Cc1ccc(-c2cc(C(=O)Nc3ccccc3C(=O)N3CCCCC3)c3c(C)noc3n2)s1. The van der Waals surface area contributed by atoms with Crippen molar-refractivity contribution >= 4 is 39.9 Å². The Morgan fingerprint density at radius 2 is 1.82 bits per heavy atom. The molecule has 0 atom stereocenters. The van der Waals surface area contributed by atoms with Crippen molar-refractivity contribution in [2.24, 2.45) is 0 Å². The molecule has 0 radical (unpaired) electrons. The lowest BCUT2D eigenvalue weighted by Gasteiger charge is -2.27. The van der Waals surface area contributed by atoms with E-state index < -0.39 is 0 Å². The van der Waals surface area contributed by atoms with Crippen LogP contribution in [0.1, 0.15) is 50.5 Å². The van der Waals surface area contributed by atoms with Gasteiger partial charge < -0.3 is 14.7 Å². The van der Waals surface area contributed by atoms with Crippen molar-refractivity contribution < 1.29 is 14.1 Å². The van der Waals surface area contributed by atoms with Crippen LogP contribution in [0.5, 0.6) is 0 Å². The van der Waals surface area contributed by atoms with Crippen molar-refractivity contribution in [3.05, 3.63) is 64.2 Å². The molecule has 4 heterocycles. The van der Waals surface area contributed by atoms with Gasteiger partial charge in [-0.05, 0) is 63.4 Å². The van der Waals surface area contributed by atoms with Crippen LogP contribution in [0.4, 0.5) is 5.69 Å². The number of rotatable bonds is 4. The first-order valence-electron chi connectivity index (χ1n) is 11.0. The highest BCUT2D eigenvalue weighted by Crippen LogP contribution is 2.31. The van der Waals surface area contributed by atoms with Crippen LogP contribution < -0.4 is 5.32 Å². The summed E-state index contributed by atoms with van der Waals surface area (Å²) in [5.74, 6) is -0.386. The lowest BCUT2D eigenvalue weighted by atomic mass is 10.1. The zero-order valence-electron chi connectivity index (χ0n) is 18.6. The summed E-state index contributed by atoms with van der Waals surface area (Å²) in [6.45, 7) is 5.30. The van der Waals surface area contributed by atoms with Gasteiger partial charge in [-0.3, -0.25) is 9.59 Å². The second kappa shape index (κ2) is 8.78. The van der Waals surface area contributed by atoms with Gasteiger partial charge in [0.05, 0.1) is 38.5 Å². The minimum atomic E-state index is -0.331. The fourth-order valence-electron chi connectivity index (χ4n) is 4.21. The Balaban J connectivity index is 1.51. The van der Waals surface area contributed by atoms with Crippen LogP contribution in [0.2, 0.25) is 0 Å². The van der Waals surface area contributed by atoms with Crippen LogP contribution in [0, 0.1) is 13.8 Å². The minimum absolute atomic E-state index is 0.0543. The predicted molar refractivity (Wildman–Crippen MR) is 129 cm³/mol. The summed E-state index contributed by atoms with van der Waals surface area (Å²) in [6, 6.07) is 12.9. The average Bonchev–Trinajstić information content (AvgIpc) is 3.44. The van der Waals surface area contributed by atoms with E-state index in [1.54, 1.807) is 36.5 Å². The number of amides is 2. The van der Waals surface area contributed by atoms with Crippen LogP contribution >= 0.6 is 11.3 Å². The second-order valence-electron chi connectivity index (χ2n) is 8.27. The molecule has 1 aromatic carbocycles. The second-order valence-corrected chi connectivity index (χ2v) is 9.55. The molecule has 1 saturated heterocycles. The van der Waals surface area contributed by atoms with Crippen molar-refractivity contribution in [2.75, 3.05) is 18.4 Å². The zero-order valence-corrected chi connectivity index (χ0v) is 19.4. The molecule has 1 N–H and O–H groups in total. The zero-order chi connectivity index (χ0) is 22.9. The molecule has 0 aliphatic carbocycles. The molecule has 1 fully saturated rings. The molecule has 5 rings (SSSR count). The number of aryl methyl sites for hydroxylation is 2. The molecule has 1 aliphatic heterocycles. The maximum absolute atomic E-state index is 13.5. The fraction of sp³-hybridized carbons (Fsp3) is 0.280. The fourth-order valence-corrected chi connectivity index (χ4v) is 5.04. The van der Waals surface area contributed by atoms with E-state index in [0.29, 0.717) is 39.3 Å². The van der Waals surface area contributed by atoms with Gasteiger partial charge in [0.25, 0.3) is 17.5 Å². The van der Waals surface area contributed by atoms with E-state index in [4.69, 9.17) is 4.52 Å². The number of nitrogens with one attached hydrogen (secondary N) is 1. The predicted octanol–water partition coefficient (Wildman–Crippen LogP) is 5.45. The Hall–Kier alpha value is -3.52.